The van der Waals surface area contributed by atoms with Crippen LogP contribution in [0.3, 0.4) is 0 Å². The fourth-order valence-electron chi connectivity index (χ4n) is 3.03. The fourth-order valence-corrected chi connectivity index (χ4v) is 3.03. The average Bonchev–Trinajstić information content (AvgIpc) is 2.68. The number of piperazine rings is 1. The third-order valence-electron chi connectivity index (χ3n) is 4.33. The van der Waals surface area contributed by atoms with Crippen LogP contribution in [0.25, 0.3) is 0 Å². The molecule has 1 aromatic carbocycles. The van der Waals surface area contributed by atoms with Crippen molar-refractivity contribution in [1.82, 2.24) is 20.5 Å². The molecule has 0 spiro atoms. The van der Waals surface area contributed by atoms with Crippen LogP contribution in [0.1, 0.15) is 18.0 Å². The Morgan fingerprint density at radius 1 is 1.19 bits per heavy atom. The van der Waals surface area contributed by atoms with Crippen LogP contribution in [-0.4, -0.2) is 48.0 Å². The van der Waals surface area contributed by atoms with Gasteiger partial charge in [0, 0.05) is 56.7 Å². The third-order valence-corrected chi connectivity index (χ3v) is 4.33. The number of anilines is 1. The highest BCUT2D eigenvalue weighted by Crippen LogP contribution is 2.21. The van der Waals surface area contributed by atoms with Crippen molar-refractivity contribution < 1.29 is 9.59 Å². The van der Waals surface area contributed by atoms with E-state index in [1.54, 1.807) is 18.3 Å². The SMILES string of the molecule is Cl.O=C(CCN1CCNCC1c1cccnc1)NC(=O)Nc1ccccc1. The number of hydrogen-bond acceptors (Lipinski definition) is 5. The van der Waals surface area contributed by atoms with Crippen LogP contribution < -0.4 is 16.0 Å². The molecule has 1 aromatic heterocycles. The molecule has 27 heavy (non-hydrogen) atoms. The molecule has 1 fully saturated rings. The van der Waals surface area contributed by atoms with Crippen molar-refractivity contribution in [2.75, 3.05) is 31.5 Å². The van der Waals surface area contributed by atoms with Gasteiger partial charge < -0.3 is 10.6 Å². The van der Waals surface area contributed by atoms with Gasteiger partial charge in [-0.25, -0.2) is 4.79 Å². The monoisotopic (exact) mass is 389 g/mol. The lowest BCUT2D eigenvalue weighted by Gasteiger charge is -2.36. The van der Waals surface area contributed by atoms with Gasteiger partial charge in [0.1, 0.15) is 0 Å². The lowest BCUT2D eigenvalue weighted by molar-refractivity contribution is -0.120. The summed E-state index contributed by atoms with van der Waals surface area (Å²) < 4.78 is 0. The Labute approximate surface area is 165 Å². The van der Waals surface area contributed by atoms with Gasteiger partial charge in [-0.3, -0.25) is 20.0 Å². The number of urea groups is 1. The Bertz CT molecular complexity index is 729. The summed E-state index contributed by atoms with van der Waals surface area (Å²) in [5, 5.41) is 8.40. The molecule has 7 nitrogen and oxygen atoms in total. The smallest absolute Gasteiger partial charge is 0.314 e. The van der Waals surface area contributed by atoms with Crippen LogP contribution in [0.5, 0.6) is 0 Å². The summed E-state index contributed by atoms with van der Waals surface area (Å²) >= 11 is 0. The number of benzene rings is 1. The molecule has 8 heteroatoms. The van der Waals surface area contributed by atoms with Crippen LogP contribution in [0, 0.1) is 0 Å². The Hall–Kier alpha value is -2.48. The van der Waals surface area contributed by atoms with E-state index in [0.29, 0.717) is 12.2 Å². The molecule has 0 saturated carbocycles. The first-order chi connectivity index (χ1) is 12.7. The number of imide groups is 1. The lowest BCUT2D eigenvalue weighted by atomic mass is 10.1. The van der Waals surface area contributed by atoms with E-state index >= 15 is 0 Å². The van der Waals surface area contributed by atoms with Gasteiger partial charge >= 0.3 is 6.03 Å². The van der Waals surface area contributed by atoms with E-state index in [1.165, 1.54) is 0 Å². The molecule has 3 N–H and O–H groups in total. The fraction of sp³-hybridized carbons (Fsp3) is 0.316. The summed E-state index contributed by atoms with van der Waals surface area (Å²) in [6, 6.07) is 12.7. The van der Waals surface area contributed by atoms with Gasteiger partial charge in [0.15, 0.2) is 0 Å². The zero-order valence-corrected chi connectivity index (χ0v) is 15.7. The van der Waals surface area contributed by atoms with Crippen molar-refractivity contribution in [1.29, 1.82) is 0 Å². The van der Waals surface area contributed by atoms with Gasteiger partial charge in [-0.15, -0.1) is 12.4 Å². The van der Waals surface area contributed by atoms with E-state index < -0.39 is 6.03 Å². The molecule has 0 aliphatic carbocycles. The van der Waals surface area contributed by atoms with Crippen molar-refractivity contribution in [3.8, 4) is 0 Å². The highest BCUT2D eigenvalue weighted by molar-refractivity contribution is 6.01. The molecular weight excluding hydrogens is 366 g/mol. The minimum atomic E-state index is -0.509. The maximum atomic E-state index is 12.1. The Morgan fingerprint density at radius 3 is 2.74 bits per heavy atom. The molecule has 3 amide bonds. The van der Waals surface area contributed by atoms with Gasteiger partial charge in [0.25, 0.3) is 0 Å². The summed E-state index contributed by atoms with van der Waals surface area (Å²) in [6.07, 6.45) is 3.87. The first-order valence-corrected chi connectivity index (χ1v) is 8.73. The normalized spacial score (nSPS) is 16.8. The van der Waals surface area contributed by atoms with Crippen molar-refractivity contribution >= 4 is 30.0 Å². The second-order valence-corrected chi connectivity index (χ2v) is 6.16. The number of hydrogen-bond donors (Lipinski definition) is 3. The van der Waals surface area contributed by atoms with Crippen molar-refractivity contribution in [3.63, 3.8) is 0 Å². The lowest BCUT2D eigenvalue weighted by Crippen LogP contribution is -2.47. The topological polar surface area (TPSA) is 86.4 Å². The molecule has 1 saturated heterocycles. The molecule has 144 valence electrons. The van der Waals surface area contributed by atoms with Crippen molar-refractivity contribution in [2.24, 2.45) is 0 Å². The van der Waals surface area contributed by atoms with Crippen molar-refractivity contribution in [3.05, 3.63) is 60.4 Å². The Kier molecular flexibility index (Phi) is 8.19. The number of halogens is 1. The number of carbonyl (C=O) groups excluding carboxylic acids is 2. The standard InChI is InChI=1S/C19H23N5O2.ClH/c25-18(23-19(26)22-16-6-2-1-3-7-16)8-11-24-12-10-21-14-17(24)15-5-4-9-20-13-15;/h1-7,9,13,17,21H,8,10-12,14H2,(H2,22,23,25,26);1H. The Balaban J connectivity index is 0.00000261. The maximum absolute atomic E-state index is 12.1. The van der Waals surface area contributed by atoms with Gasteiger partial charge in [-0.05, 0) is 23.8 Å². The molecule has 0 bridgehead atoms. The minimum Gasteiger partial charge on any atom is -0.314 e. The predicted octanol–water partition coefficient (Wildman–Crippen LogP) is 2.19. The molecule has 2 heterocycles. The van der Waals surface area contributed by atoms with Gasteiger partial charge in [0.05, 0.1) is 0 Å². The second kappa shape index (κ2) is 10.6. The number of pyridine rings is 1. The van der Waals surface area contributed by atoms with E-state index in [9.17, 15) is 9.59 Å². The number of amides is 3. The number of nitrogens with zero attached hydrogens (tertiary/aromatic N) is 2. The summed E-state index contributed by atoms with van der Waals surface area (Å²) in [5.74, 6) is -0.290. The van der Waals surface area contributed by atoms with Gasteiger partial charge in [0.2, 0.25) is 5.91 Å². The Morgan fingerprint density at radius 2 is 2.00 bits per heavy atom. The highest BCUT2D eigenvalue weighted by Gasteiger charge is 2.24. The van der Waals surface area contributed by atoms with E-state index in [2.05, 4.69) is 25.8 Å². The van der Waals surface area contributed by atoms with Gasteiger partial charge in [-0.2, -0.15) is 0 Å². The highest BCUT2D eigenvalue weighted by atomic mass is 35.5. The number of aromatic nitrogens is 1. The number of para-hydroxylation sites is 1. The summed E-state index contributed by atoms with van der Waals surface area (Å²) in [6.45, 7) is 3.14. The second-order valence-electron chi connectivity index (χ2n) is 6.16. The molecule has 0 radical (unpaired) electrons. The number of carbonyl (C=O) groups is 2. The van der Waals surface area contributed by atoms with Gasteiger partial charge in [-0.1, -0.05) is 24.3 Å². The van der Waals surface area contributed by atoms with Crippen LogP contribution in [0.15, 0.2) is 54.9 Å². The summed E-state index contributed by atoms with van der Waals surface area (Å²) in [4.78, 5) is 30.4. The van der Waals surface area contributed by atoms with E-state index in [4.69, 9.17) is 0 Å². The zero-order chi connectivity index (χ0) is 18.2. The van der Waals surface area contributed by atoms with E-state index in [0.717, 1.165) is 25.2 Å². The third kappa shape index (κ3) is 6.32. The van der Waals surface area contributed by atoms with E-state index in [1.807, 2.05) is 36.5 Å². The number of rotatable bonds is 5. The van der Waals surface area contributed by atoms with Crippen molar-refractivity contribution in [2.45, 2.75) is 12.5 Å². The summed E-state index contributed by atoms with van der Waals surface area (Å²) in [5.41, 5.74) is 1.78. The molecule has 3 rings (SSSR count). The molecular formula is C19H24ClN5O2. The largest absolute Gasteiger partial charge is 0.325 e. The predicted molar refractivity (Wildman–Crippen MR) is 107 cm³/mol. The molecule has 1 atom stereocenters. The number of nitrogens with one attached hydrogen (secondary N) is 3. The average molecular weight is 390 g/mol. The molecule has 1 aliphatic heterocycles. The van der Waals surface area contributed by atoms with Crippen LogP contribution >= 0.6 is 12.4 Å². The maximum Gasteiger partial charge on any atom is 0.325 e. The quantitative estimate of drug-likeness (QED) is 0.729. The molecule has 1 unspecified atom stereocenters. The zero-order valence-electron chi connectivity index (χ0n) is 14.9. The first kappa shape index (κ1) is 20.8. The summed E-state index contributed by atoms with van der Waals surface area (Å²) in [7, 11) is 0. The van der Waals surface area contributed by atoms with E-state index in [-0.39, 0.29) is 30.8 Å². The van der Waals surface area contributed by atoms with Crippen LogP contribution in [0.2, 0.25) is 0 Å². The minimum absolute atomic E-state index is 0. The van der Waals surface area contributed by atoms with Crippen LogP contribution in [0.4, 0.5) is 10.5 Å². The first-order valence-electron chi connectivity index (χ1n) is 8.73. The van der Waals surface area contributed by atoms with Crippen LogP contribution in [-0.2, 0) is 4.79 Å². The molecule has 1 aliphatic rings. The molecule has 2 aromatic rings.